The Balaban J connectivity index is 1.55. The van der Waals surface area contributed by atoms with Crippen LogP contribution >= 0.6 is 23.8 Å². The van der Waals surface area contributed by atoms with Crippen molar-refractivity contribution in [1.29, 1.82) is 0 Å². The number of ether oxygens (including phenoxy) is 2. The Morgan fingerprint density at radius 3 is 2.50 bits per heavy atom. The van der Waals surface area contributed by atoms with Gasteiger partial charge in [-0.2, -0.15) is 0 Å². The smallest absolute Gasteiger partial charge is 0.343 e. The van der Waals surface area contributed by atoms with Crippen LogP contribution < -0.4 is 20.1 Å². The first-order valence-electron chi connectivity index (χ1n) is 11.2. The van der Waals surface area contributed by atoms with Gasteiger partial charge in [-0.3, -0.25) is 0 Å². The van der Waals surface area contributed by atoms with Gasteiger partial charge < -0.3 is 20.1 Å². The van der Waals surface area contributed by atoms with Crippen molar-refractivity contribution in [2.45, 2.75) is 43.9 Å². The molecule has 1 spiro atoms. The molecule has 2 heterocycles. The summed E-state index contributed by atoms with van der Waals surface area (Å²) in [6.45, 7) is 4.20. The molecule has 0 unspecified atom stereocenters. The summed E-state index contributed by atoms with van der Waals surface area (Å²) in [5.74, 6) is 0.609. The van der Waals surface area contributed by atoms with Gasteiger partial charge in [-0.1, -0.05) is 54.1 Å². The number of benzene rings is 3. The molecule has 0 radical (unpaired) electrons. The Hall–Kier alpha value is -3.09. The zero-order chi connectivity index (χ0) is 23.9. The lowest BCUT2D eigenvalue weighted by Crippen LogP contribution is -2.69. The molecule has 2 atom stereocenters. The summed E-state index contributed by atoms with van der Waals surface area (Å²) in [5, 5.41) is 7.94. The van der Waals surface area contributed by atoms with E-state index < -0.39 is 11.7 Å². The molecule has 174 valence electrons. The second kappa shape index (κ2) is 8.60. The molecule has 1 saturated heterocycles. The fourth-order valence-electron chi connectivity index (χ4n) is 4.95. The molecular formula is C27H25ClN2O3S. The third kappa shape index (κ3) is 4.48. The third-order valence-corrected chi connectivity index (χ3v) is 6.77. The summed E-state index contributed by atoms with van der Waals surface area (Å²) < 4.78 is 12.3. The fourth-order valence-corrected chi connectivity index (χ4v) is 5.68. The first-order chi connectivity index (χ1) is 16.2. The molecule has 2 aliphatic heterocycles. The lowest BCUT2D eigenvalue weighted by Gasteiger charge is -2.50. The normalized spacial score (nSPS) is 22.7. The van der Waals surface area contributed by atoms with E-state index in [1.807, 2.05) is 36.4 Å². The molecular weight excluding hydrogens is 468 g/mol. The van der Waals surface area contributed by atoms with Crippen LogP contribution in [0.5, 0.6) is 11.5 Å². The minimum Gasteiger partial charge on any atom is -0.468 e. The van der Waals surface area contributed by atoms with E-state index in [1.165, 1.54) is 0 Å². The summed E-state index contributed by atoms with van der Waals surface area (Å²) in [5.41, 5.74) is 1.50. The van der Waals surface area contributed by atoms with Crippen LogP contribution in [-0.2, 0) is 0 Å². The van der Waals surface area contributed by atoms with Crippen molar-refractivity contribution in [2.75, 3.05) is 0 Å². The van der Waals surface area contributed by atoms with Gasteiger partial charge in [0, 0.05) is 41.0 Å². The van der Waals surface area contributed by atoms with E-state index >= 15 is 0 Å². The van der Waals surface area contributed by atoms with Crippen molar-refractivity contribution >= 4 is 34.9 Å². The Kier molecular flexibility index (Phi) is 5.74. The standard InChI is InChI=1S/C27H25ClN2O3S/c1-26(2)16-27(30-25(34)29-26)15-21(19-10-6-7-11-22(19)28)20-13-12-18(14-23(20)33-27)32-24(31)17-8-4-3-5-9-17/h3-14,21H,15-16H2,1-2H3,(H2,29,30,34)/t21-,27-/m0/s1. The van der Waals surface area contributed by atoms with Gasteiger partial charge >= 0.3 is 5.97 Å². The highest BCUT2D eigenvalue weighted by atomic mass is 35.5. The predicted octanol–water partition coefficient (Wildman–Crippen LogP) is 5.82. The number of carbonyl (C=O) groups is 1. The number of esters is 1. The molecule has 3 aromatic carbocycles. The van der Waals surface area contributed by atoms with E-state index in [1.54, 1.807) is 36.4 Å². The monoisotopic (exact) mass is 492 g/mol. The van der Waals surface area contributed by atoms with Crippen LogP contribution in [-0.4, -0.2) is 22.3 Å². The lowest BCUT2D eigenvalue weighted by atomic mass is 9.77. The highest BCUT2D eigenvalue weighted by Crippen LogP contribution is 2.49. The van der Waals surface area contributed by atoms with E-state index in [9.17, 15) is 4.79 Å². The number of hydrogen-bond acceptors (Lipinski definition) is 4. The fraction of sp³-hybridized carbons (Fsp3) is 0.259. The maximum Gasteiger partial charge on any atom is 0.343 e. The topological polar surface area (TPSA) is 59.6 Å². The van der Waals surface area contributed by atoms with Crippen molar-refractivity contribution in [3.8, 4) is 11.5 Å². The largest absolute Gasteiger partial charge is 0.468 e. The van der Waals surface area contributed by atoms with Gasteiger partial charge in [-0.25, -0.2) is 4.79 Å². The number of hydrogen-bond donors (Lipinski definition) is 2. The molecule has 5 rings (SSSR count). The molecule has 0 aliphatic carbocycles. The summed E-state index contributed by atoms with van der Waals surface area (Å²) >= 11 is 12.2. The minimum atomic E-state index is -0.731. The number of nitrogens with one attached hydrogen (secondary N) is 2. The second-order valence-electron chi connectivity index (χ2n) is 9.47. The van der Waals surface area contributed by atoms with Gasteiger partial charge in [0.15, 0.2) is 10.8 Å². The number of thiocarbonyl (C=S) groups is 1. The summed E-state index contributed by atoms with van der Waals surface area (Å²) in [4.78, 5) is 12.6. The van der Waals surface area contributed by atoms with Crippen molar-refractivity contribution in [3.05, 3.63) is 94.5 Å². The molecule has 34 heavy (non-hydrogen) atoms. The SMILES string of the molecule is CC1(C)C[C@@]2(C[C@@H](c3ccccc3Cl)c3ccc(OC(=O)c4ccccc4)cc3O2)NC(=S)N1. The predicted molar refractivity (Wildman–Crippen MR) is 137 cm³/mol. The number of fused-ring (bicyclic) bond motifs is 1. The average molecular weight is 493 g/mol. The summed E-state index contributed by atoms with van der Waals surface area (Å²) in [6, 6.07) is 22.3. The highest BCUT2D eigenvalue weighted by Gasteiger charge is 2.49. The van der Waals surface area contributed by atoms with Crippen molar-refractivity contribution in [1.82, 2.24) is 10.6 Å². The average Bonchev–Trinajstić information content (AvgIpc) is 2.77. The molecule has 2 N–H and O–H groups in total. The quantitative estimate of drug-likeness (QED) is 0.273. The van der Waals surface area contributed by atoms with Crippen LogP contribution in [0.2, 0.25) is 5.02 Å². The molecule has 0 amide bonds. The second-order valence-corrected chi connectivity index (χ2v) is 10.3. The van der Waals surface area contributed by atoms with E-state index in [0.717, 1.165) is 11.1 Å². The first-order valence-corrected chi connectivity index (χ1v) is 12.0. The molecule has 2 aliphatic rings. The molecule has 1 fully saturated rings. The Bertz CT molecular complexity index is 1260. The maximum absolute atomic E-state index is 12.6. The van der Waals surface area contributed by atoms with Gasteiger partial charge in [0.25, 0.3) is 0 Å². The van der Waals surface area contributed by atoms with Gasteiger partial charge in [-0.15, -0.1) is 0 Å². The first kappa shape index (κ1) is 22.7. The Morgan fingerprint density at radius 2 is 1.76 bits per heavy atom. The van der Waals surface area contributed by atoms with Crippen LogP contribution in [0, 0.1) is 0 Å². The molecule has 7 heteroatoms. The highest BCUT2D eigenvalue weighted by molar-refractivity contribution is 7.80. The number of rotatable bonds is 3. The molecule has 5 nitrogen and oxygen atoms in total. The molecule has 0 saturated carbocycles. The van der Waals surface area contributed by atoms with Gasteiger partial charge in [-0.05, 0) is 55.9 Å². The van der Waals surface area contributed by atoms with E-state index in [2.05, 4.69) is 24.5 Å². The Labute approximate surface area is 209 Å². The zero-order valence-electron chi connectivity index (χ0n) is 18.9. The lowest BCUT2D eigenvalue weighted by molar-refractivity contribution is -0.0128. The summed E-state index contributed by atoms with van der Waals surface area (Å²) in [7, 11) is 0. The molecule has 0 bridgehead atoms. The van der Waals surface area contributed by atoms with Gasteiger partial charge in [0.1, 0.15) is 11.5 Å². The van der Waals surface area contributed by atoms with Crippen LogP contribution in [0.1, 0.15) is 54.1 Å². The molecule has 0 aromatic heterocycles. The minimum absolute atomic E-state index is 0.0273. The maximum atomic E-state index is 12.6. The van der Waals surface area contributed by atoms with E-state index in [0.29, 0.717) is 40.0 Å². The van der Waals surface area contributed by atoms with Gasteiger partial charge in [0.2, 0.25) is 0 Å². The van der Waals surface area contributed by atoms with Crippen LogP contribution in [0.3, 0.4) is 0 Å². The van der Waals surface area contributed by atoms with Crippen molar-refractivity contribution < 1.29 is 14.3 Å². The summed E-state index contributed by atoms with van der Waals surface area (Å²) in [6.07, 6.45) is 1.33. The van der Waals surface area contributed by atoms with Crippen molar-refractivity contribution in [3.63, 3.8) is 0 Å². The van der Waals surface area contributed by atoms with E-state index in [-0.39, 0.29) is 11.5 Å². The zero-order valence-corrected chi connectivity index (χ0v) is 20.5. The Morgan fingerprint density at radius 1 is 1.03 bits per heavy atom. The third-order valence-electron chi connectivity index (χ3n) is 6.22. The van der Waals surface area contributed by atoms with Crippen molar-refractivity contribution in [2.24, 2.45) is 0 Å². The number of halogens is 1. The van der Waals surface area contributed by atoms with Gasteiger partial charge in [0.05, 0.1) is 5.56 Å². The van der Waals surface area contributed by atoms with Crippen LogP contribution in [0.4, 0.5) is 0 Å². The number of carbonyl (C=O) groups excluding carboxylic acids is 1. The van der Waals surface area contributed by atoms with Crippen LogP contribution in [0.15, 0.2) is 72.8 Å². The van der Waals surface area contributed by atoms with E-state index in [4.69, 9.17) is 33.3 Å². The van der Waals surface area contributed by atoms with Crippen LogP contribution in [0.25, 0.3) is 0 Å². The molecule has 3 aromatic rings.